The van der Waals surface area contributed by atoms with Crippen LogP contribution in [0.4, 0.5) is 5.82 Å². The van der Waals surface area contributed by atoms with Gasteiger partial charge in [-0.05, 0) is 54.2 Å². The molecule has 0 aliphatic carbocycles. The molecule has 0 fully saturated rings. The number of nitrogens with zero attached hydrogens (tertiary/aromatic N) is 4. The largest absolute Gasteiger partial charge is 0.353 e. The molecule has 0 atom stereocenters. The second-order valence-electron chi connectivity index (χ2n) is 8.67. The molecule has 2 heterocycles. The Balaban J connectivity index is 1.75. The number of rotatable bonds is 7. The molecule has 168 valence electrons. The number of benzene rings is 3. The molecule has 3 aromatic carbocycles. The molecule has 0 N–H and O–H groups in total. The molecule has 0 unspecified atom stereocenters. The number of hydrogen-bond acceptors (Lipinski definition) is 3. The van der Waals surface area contributed by atoms with Crippen LogP contribution in [0.5, 0.6) is 0 Å². The van der Waals surface area contributed by atoms with Gasteiger partial charge in [-0.3, -0.25) is 4.40 Å². The lowest BCUT2D eigenvalue weighted by atomic mass is 10.0. The van der Waals surface area contributed by atoms with Gasteiger partial charge in [-0.25, -0.2) is 4.98 Å². The number of fused-ring (bicyclic) bond motifs is 3. The minimum atomic E-state index is 0.666. The van der Waals surface area contributed by atoms with Crippen molar-refractivity contribution in [2.45, 2.75) is 33.2 Å². The van der Waals surface area contributed by atoms with Gasteiger partial charge in [0.25, 0.3) is 0 Å². The second-order valence-corrected chi connectivity index (χ2v) is 8.67. The number of para-hydroxylation sites is 2. The van der Waals surface area contributed by atoms with Gasteiger partial charge in [0, 0.05) is 13.1 Å². The normalized spacial score (nSPS) is 11.1. The van der Waals surface area contributed by atoms with Crippen molar-refractivity contribution in [2.75, 3.05) is 11.4 Å². The summed E-state index contributed by atoms with van der Waals surface area (Å²) in [6.07, 6.45) is 1.78. The van der Waals surface area contributed by atoms with Crippen molar-refractivity contribution < 1.29 is 0 Å². The molecule has 0 saturated heterocycles. The van der Waals surface area contributed by atoms with E-state index >= 15 is 0 Å². The third kappa shape index (κ3) is 3.91. The van der Waals surface area contributed by atoms with Gasteiger partial charge in [0.1, 0.15) is 11.9 Å². The Labute approximate surface area is 200 Å². The van der Waals surface area contributed by atoms with E-state index in [4.69, 9.17) is 4.98 Å². The monoisotopic (exact) mass is 444 g/mol. The fourth-order valence-electron chi connectivity index (χ4n) is 4.89. The molecular formula is C30H28N4. The summed E-state index contributed by atoms with van der Waals surface area (Å²) in [5, 5.41) is 10.1. The van der Waals surface area contributed by atoms with Gasteiger partial charge < -0.3 is 4.90 Å². The number of pyridine rings is 1. The van der Waals surface area contributed by atoms with Gasteiger partial charge in [0.2, 0.25) is 0 Å². The van der Waals surface area contributed by atoms with Gasteiger partial charge in [0.05, 0.1) is 16.6 Å². The molecule has 4 nitrogen and oxygen atoms in total. The van der Waals surface area contributed by atoms with E-state index in [0.29, 0.717) is 5.56 Å². The van der Waals surface area contributed by atoms with E-state index in [2.05, 4.69) is 95.9 Å². The third-order valence-electron chi connectivity index (χ3n) is 6.59. The quantitative estimate of drug-likeness (QED) is 0.289. The highest BCUT2D eigenvalue weighted by Gasteiger charge is 2.23. The Morgan fingerprint density at radius 1 is 0.882 bits per heavy atom. The highest BCUT2D eigenvalue weighted by Crippen LogP contribution is 2.34. The minimum Gasteiger partial charge on any atom is -0.353 e. The van der Waals surface area contributed by atoms with Crippen LogP contribution in [0.2, 0.25) is 0 Å². The summed E-state index contributed by atoms with van der Waals surface area (Å²) in [6.45, 7) is 5.89. The molecule has 0 saturated carbocycles. The number of nitriles is 1. The zero-order chi connectivity index (χ0) is 23.5. The summed E-state index contributed by atoms with van der Waals surface area (Å²) in [6, 6.07) is 31.9. The first kappa shape index (κ1) is 21.7. The smallest absolute Gasteiger partial charge is 0.157 e. The molecule has 0 amide bonds. The van der Waals surface area contributed by atoms with E-state index in [0.717, 1.165) is 54.0 Å². The van der Waals surface area contributed by atoms with E-state index < -0.39 is 0 Å². The van der Waals surface area contributed by atoms with E-state index in [1.165, 1.54) is 16.7 Å². The van der Waals surface area contributed by atoms with Gasteiger partial charge in [-0.1, -0.05) is 79.7 Å². The Morgan fingerprint density at radius 2 is 1.53 bits per heavy atom. The highest BCUT2D eigenvalue weighted by molar-refractivity contribution is 5.86. The number of hydrogen-bond donors (Lipinski definition) is 0. The van der Waals surface area contributed by atoms with Crippen molar-refractivity contribution in [3.05, 3.63) is 113 Å². The van der Waals surface area contributed by atoms with Crippen molar-refractivity contribution in [1.29, 1.82) is 5.26 Å². The summed E-state index contributed by atoms with van der Waals surface area (Å²) in [4.78, 5) is 7.37. The molecule has 0 spiro atoms. The van der Waals surface area contributed by atoms with Crippen LogP contribution >= 0.6 is 0 Å². The molecule has 4 heteroatoms. The predicted molar refractivity (Wildman–Crippen MR) is 139 cm³/mol. The molecule has 34 heavy (non-hydrogen) atoms. The lowest BCUT2D eigenvalue weighted by molar-refractivity contribution is 0.755. The Bertz CT molecular complexity index is 1480. The van der Waals surface area contributed by atoms with Crippen molar-refractivity contribution in [2.24, 2.45) is 0 Å². The molecule has 0 radical (unpaired) electrons. The fourth-order valence-corrected chi connectivity index (χ4v) is 4.89. The Kier molecular flexibility index (Phi) is 6.01. The molecule has 0 aliphatic rings. The van der Waals surface area contributed by atoms with Crippen LogP contribution in [0, 0.1) is 18.3 Å². The first-order valence-corrected chi connectivity index (χ1v) is 11.9. The van der Waals surface area contributed by atoms with Crippen molar-refractivity contribution in [1.82, 2.24) is 9.38 Å². The molecule has 5 rings (SSSR count). The Morgan fingerprint density at radius 3 is 2.21 bits per heavy atom. The van der Waals surface area contributed by atoms with Crippen LogP contribution in [0.25, 0.3) is 16.7 Å². The fraction of sp³-hybridized carbons (Fsp3) is 0.200. The van der Waals surface area contributed by atoms with Crippen LogP contribution in [0.3, 0.4) is 0 Å². The van der Waals surface area contributed by atoms with E-state index in [-0.39, 0.29) is 0 Å². The molecule has 0 aliphatic heterocycles. The maximum absolute atomic E-state index is 10.1. The summed E-state index contributed by atoms with van der Waals surface area (Å²) >= 11 is 0. The lowest BCUT2D eigenvalue weighted by Gasteiger charge is -2.30. The van der Waals surface area contributed by atoms with Crippen LogP contribution in [0.15, 0.2) is 84.9 Å². The third-order valence-corrected chi connectivity index (χ3v) is 6.59. The topological polar surface area (TPSA) is 44.3 Å². The summed E-state index contributed by atoms with van der Waals surface area (Å²) in [5.41, 5.74) is 8.17. The zero-order valence-corrected chi connectivity index (χ0v) is 19.7. The molecule has 5 aromatic rings. The zero-order valence-electron chi connectivity index (χ0n) is 19.7. The minimum absolute atomic E-state index is 0.666. The van der Waals surface area contributed by atoms with Gasteiger partial charge in [-0.15, -0.1) is 0 Å². The van der Waals surface area contributed by atoms with Crippen LogP contribution < -0.4 is 4.90 Å². The molecular weight excluding hydrogens is 416 g/mol. The highest BCUT2D eigenvalue weighted by atomic mass is 15.2. The number of anilines is 1. The second kappa shape index (κ2) is 9.41. The summed E-state index contributed by atoms with van der Waals surface area (Å²) < 4.78 is 2.22. The maximum atomic E-state index is 10.1. The van der Waals surface area contributed by atoms with E-state index in [1.807, 2.05) is 18.2 Å². The molecule has 2 aromatic heterocycles. The maximum Gasteiger partial charge on any atom is 0.157 e. The lowest BCUT2D eigenvalue weighted by Crippen LogP contribution is -2.29. The summed E-state index contributed by atoms with van der Waals surface area (Å²) in [5.74, 6) is 1.14. The van der Waals surface area contributed by atoms with Gasteiger partial charge >= 0.3 is 0 Å². The average molecular weight is 445 g/mol. The van der Waals surface area contributed by atoms with Crippen molar-refractivity contribution in [3.63, 3.8) is 0 Å². The number of imidazole rings is 1. The first-order chi connectivity index (χ1) is 16.7. The summed E-state index contributed by atoms with van der Waals surface area (Å²) in [7, 11) is 0. The van der Waals surface area contributed by atoms with Crippen molar-refractivity contribution >= 4 is 22.5 Å². The molecule has 0 bridgehead atoms. The van der Waals surface area contributed by atoms with E-state index in [1.54, 1.807) is 0 Å². The van der Waals surface area contributed by atoms with E-state index in [9.17, 15) is 5.26 Å². The van der Waals surface area contributed by atoms with Crippen LogP contribution in [-0.2, 0) is 19.4 Å². The SMILES string of the molecule is CCc1c(C)c(C#N)c2nc3ccccc3n2c1N(CCc1ccccc1)Cc1ccccc1. The first-order valence-electron chi connectivity index (χ1n) is 11.9. The van der Waals surface area contributed by atoms with Crippen molar-refractivity contribution in [3.8, 4) is 6.07 Å². The van der Waals surface area contributed by atoms with Gasteiger partial charge in [-0.2, -0.15) is 5.26 Å². The average Bonchev–Trinajstić information content (AvgIpc) is 3.26. The standard InChI is InChI=1S/C30H28N4/c1-3-25-22(2)26(20-31)29-32-27-16-10-11-17-28(27)34(29)30(25)33(21-24-14-8-5-9-15-24)19-18-23-12-6-4-7-13-23/h4-17H,3,18-19,21H2,1-2H3. The van der Waals surface area contributed by atoms with Gasteiger partial charge in [0.15, 0.2) is 5.65 Å². The Hall–Kier alpha value is -4.10. The van der Waals surface area contributed by atoms with Crippen LogP contribution in [-0.4, -0.2) is 15.9 Å². The van der Waals surface area contributed by atoms with Crippen LogP contribution in [0.1, 0.15) is 34.7 Å². The number of aromatic nitrogens is 2. The predicted octanol–water partition coefficient (Wildman–Crippen LogP) is 6.48.